The standard InChI is InChI=1S/C17H24O6/c1-5-8(2)15(19)21-7-11(18)22-13-10-6-9-12(17(10,3)4)14(13)23-16(9)20/h8-10,12-14H,5-7H2,1-4H3. The quantitative estimate of drug-likeness (QED) is 0.566. The van der Waals surface area contributed by atoms with Crippen LogP contribution < -0.4 is 0 Å². The number of carbonyl (C=O) groups is 3. The molecule has 3 aliphatic rings. The molecule has 128 valence electrons. The lowest BCUT2D eigenvalue weighted by Gasteiger charge is -2.26. The molecule has 6 nitrogen and oxygen atoms in total. The Kier molecular flexibility index (Phi) is 3.89. The van der Waals surface area contributed by atoms with Gasteiger partial charge in [0.2, 0.25) is 0 Å². The molecule has 0 aromatic heterocycles. The molecule has 0 amide bonds. The summed E-state index contributed by atoms with van der Waals surface area (Å²) in [6.07, 6.45) is 0.592. The fraction of sp³-hybridized carbons (Fsp3) is 0.824. The van der Waals surface area contributed by atoms with Gasteiger partial charge >= 0.3 is 17.9 Å². The van der Waals surface area contributed by atoms with Crippen LogP contribution in [0.2, 0.25) is 0 Å². The van der Waals surface area contributed by atoms with Crippen LogP contribution in [0, 0.1) is 29.1 Å². The van der Waals surface area contributed by atoms with Crippen LogP contribution in [0.5, 0.6) is 0 Å². The molecule has 1 saturated heterocycles. The number of ether oxygens (including phenoxy) is 3. The van der Waals surface area contributed by atoms with E-state index in [1.165, 1.54) is 0 Å². The number of fused-ring (bicyclic) bond motifs is 1. The predicted octanol–water partition coefficient (Wildman–Crippen LogP) is 1.70. The number of esters is 3. The fourth-order valence-electron chi connectivity index (χ4n) is 4.51. The van der Waals surface area contributed by atoms with Crippen molar-refractivity contribution in [3.63, 3.8) is 0 Å². The summed E-state index contributed by atoms with van der Waals surface area (Å²) < 4.78 is 16.0. The zero-order chi connectivity index (χ0) is 16.9. The van der Waals surface area contributed by atoms with Gasteiger partial charge in [0.1, 0.15) is 12.2 Å². The number of hydrogen-bond donors (Lipinski definition) is 0. The lowest BCUT2D eigenvalue weighted by atomic mass is 9.80. The Morgan fingerprint density at radius 1 is 1.39 bits per heavy atom. The molecule has 2 bridgehead atoms. The Bertz CT molecular complexity index is 539. The topological polar surface area (TPSA) is 78.9 Å². The fourth-order valence-corrected chi connectivity index (χ4v) is 4.51. The second kappa shape index (κ2) is 5.49. The monoisotopic (exact) mass is 324 g/mol. The van der Waals surface area contributed by atoms with Gasteiger partial charge in [0, 0.05) is 11.8 Å². The second-order valence-corrected chi connectivity index (χ2v) is 7.57. The van der Waals surface area contributed by atoms with E-state index in [1.807, 2.05) is 6.92 Å². The molecule has 6 atom stereocenters. The molecule has 1 aliphatic heterocycles. The van der Waals surface area contributed by atoms with E-state index in [1.54, 1.807) is 6.92 Å². The van der Waals surface area contributed by atoms with E-state index in [4.69, 9.17) is 14.2 Å². The van der Waals surface area contributed by atoms with Gasteiger partial charge < -0.3 is 14.2 Å². The summed E-state index contributed by atoms with van der Waals surface area (Å²) in [6.45, 7) is 7.46. The molecular weight excluding hydrogens is 300 g/mol. The first-order chi connectivity index (χ1) is 10.8. The van der Waals surface area contributed by atoms with Gasteiger partial charge in [0.15, 0.2) is 6.61 Å². The average molecular weight is 324 g/mol. The van der Waals surface area contributed by atoms with Crippen LogP contribution >= 0.6 is 0 Å². The third-order valence-corrected chi connectivity index (χ3v) is 6.00. The van der Waals surface area contributed by atoms with Crippen LogP contribution in [0.1, 0.15) is 40.5 Å². The smallest absolute Gasteiger partial charge is 0.344 e. The molecule has 3 rings (SSSR count). The molecule has 2 saturated carbocycles. The molecule has 0 spiro atoms. The van der Waals surface area contributed by atoms with Crippen LogP contribution in [0.15, 0.2) is 0 Å². The largest absolute Gasteiger partial charge is 0.458 e. The Hall–Kier alpha value is -1.59. The summed E-state index contributed by atoms with van der Waals surface area (Å²) in [6, 6.07) is 0. The Morgan fingerprint density at radius 2 is 2.09 bits per heavy atom. The maximum atomic E-state index is 12.0. The predicted molar refractivity (Wildman–Crippen MR) is 79.0 cm³/mol. The first-order valence-electron chi connectivity index (χ1n) is 8.34. The van der Waals surface area contributed by atoms with Gasteiger partial charge in [-0.15, -0.1) is 0 Å². The van der Waals surface area contributed by atoms with E-state index >= 15 is 0 Å². The van der Waals surface area contributed by atoms with Gasteiger partial charge in [-0.25, -0.2) is 4.79 Å². The van der Waals surface area contributed by atoms with Crippen molar-refractivity contribution < 1.29 is 28.6 Å². The van der Waals surface area contributed by atoms with Crippen LogP contribution in [0.4, 0.5) is 0 Å². The van der Waals surface area contributed by atoms with Crippen molar-refractivity contribution in [2.24, 2.45) is 29.1 Å². The zero-order valence-corrected chi connectivity index (χ0v) is 14.0. The minimum absolute atomic E-state index is 0.0572. The number of carbonyl (C=O) groups excluding carboxylic acids is 3. The van der Waals surface area contributed by atoms with Gasteiger partial charge in [-0.05, 0) is 18.3 Å². The van der Waals surface area contributed by atoms with Crippen molar-refractivity contribution in [2.75, 3.05) is 6.61 Å². The SMILES string of the molecule is CCC(C)C(=O)OCC(=O)OC1C2OC(=O)C3CC1C(C)(C)C32. The molecule has 23 heavy (non-hydrogen) atoms. The van der Waals surface area contributed by atoms with Crippen molar-refractivity contribution in [3.05, 3.63) is 0 Å². The van der Waals surface area contributed by atoms with Gasteiger partial charge in [0.25, 0.3) is 0 Å². The van der Waals surface area contributed by atoms with Crippen molar-refractivity contribution in [1.82, 2.24) is 0 Å². The van der Waals surface area contributed by atoms with E-state index in [-0.39, 0.29) is 47.8 Å². The first kappa shape index (κ1) is 16.3. The third kappa shape index (κ3) is 2.42. The summed E-state index contributed by atoms with van der Waals surface area (Å²) in [5.41, 5.74) is -0.0835. The van der Waals surface area contributed by atoms with Crippen molar-refractivity contribution in [3.8, 4) is 0 Å². The molecule has 6 heteroatoms. The van der Waals surface area contributed by atoms with Crippen molar-refractivity contribution in [1.29, 1.82) is 0 Å². The van der Waals surface area contributed by atoms with E-state index in [0.29, 0.717) is 12.8 Å². The minimum Gasteiger partial charge on any atom is -0.458 e. The van der Waals surface area contributed by atoms with Gasteiger partial charge in [0.05, 0.1) is 11.8 Å². The van der Waals surface area contributed by atoms with E-state index in [0.717, 1.165) is 0 Å². The highest BCUT2D eigenvalue weighted by atomic mass is 16.6. The van der Waals surface area contributed by atoms with Crippen LogP contribution in [-0.4, -0.2) is 36.7 Å². The highest BCUT2D eigenvalue weighted by Gasteiger charge is 2.71. The number of hydrogen-bond acceptors (Lipinski definition) is 6. The summed E-state index contributed by atoms with van der Waals surface area (Å²) in [4.78, 5) is 35.5. The molecule has 0 radical (unpaired) electrons. The average Bonchev–Trinajstić information content (AvgIpc) is 3.00. The Labute approximate surface area is 135 Å². The maximum absolute atomic E-state index is 12.0. The zero-order valence-electron chi connectivity index (χ0n) is 14.0. The third-order valence-electron chi connectivity index (χ3n) is 6.00. The van der Waals surface area contributed by atoms with Crippen LogP contribution in [0.25, 0.3) is 0 Å². The van der Waals surface area contributed by atoms with Gasteiger partial charge in [-0.2, -0.15) is 0 Å². The molecule has 1 heterocycles. The highest BCUT2D eigenvalue weighted by molar-refractivity contribution is 5.79. The molecule has 0 aromatic carbocycles. The van der Waals surface area contributed by atoms with Crippen LogP contribution in [-0.2, 0) is 28.6 Å². The molecular formula is C17H24O6. The van der Waals surface area contributed by atoms with Crippen molar-refractivity contribution >= 4 is 17.9 Å². The highest BCUT2D eigenvalue weighted by Crippen LogP contribution is 2.65. The van der Waals surface area contributed by atoms with E-state index in [9.17, 15) is 14.4 Å². The lowest BCUT2D eigenvalue weighted by Crippen LogP contribution is -2.37. The Morgan fingerprint density at radius 3 is 2.74 bits per heavy atom. The Balaban J connectivity index is 1.60. The van der Waals surface area contributed by atoms with Crippen LogP contribution in [0.3, 0.4) is 0 Å². The molecule has 2 aliphatic carbocycles. The molecule has 6 unspecified atom stereocenters. The number of rotatable bonds is 5. The lowest BCUT2D eigenvalue weighted by molar-refractivity contribution is -0.171. The van der Waals surface area contributed by atoms with Gasteiger partial charge in [-0.1, -0.05) is 27.7 Å². The van der Waals surface area contributed by atoms with Crippen molar-refractivity contribution in [2.45, 2.75) is 52.7 Å². The summed E-state index contributed by atoms with van der Waals surface area (Å²) >= 11 is 0. The summed E-state index contributed by atoms with van der Waals surface area (Å²) in [7, 11) is 0. The normalized spacial score (nSPS) is 37.4. The van der Waals surface area contributed by atoms with E-state index in [2.05, 4.69) is 13.8 Å². The minimum atomic E-state index is -0.575. The summed E-state index contributed by atoms with van der Waals surface area (Å²) in [5, 5.41) is 0. The molecule has 0 aromatic rings. The van der Waals surface area contributed by atoms with Gasteiger partial charge in [-0.3, -0.25) is 9.59 Å². The summed E-state index contributed by atoms with van der Waals surface area (Å²) in [5.74, 6) is -1.21. The molecule has 0 N–H and O–H groups in total. The molecule has 3 fully saturated rings. The maximum Gasteiger partial charge on any atom is 0.344 e. The second-order valence-electron chi connectivity index (χ2n) is 7.57. The first-order valence-corrected chi connectivity index (χ1v) is 8.34. The van der Waals surface area contributed by atoms with E-state index < -0.39 is 18.0 Å².